The van der Waals surface area contributed by atoms with Gasteiger partial charge in [-0.15, -0.1) is 0 Å². The Morgan fingerprint density at radius 1 is 1.50 bits per heavy atom. The molecule has 14 heavy (non-hydrogen) atoms. The van der Waals surface area contributed by atoms with Gasteiger partial charge in [0.15, 0.2) is 11.5 Å². The first-order valence-electron chi connectivity index (χ1n) is 3.75. The molecule has 1 unspecified atom stereocenters. The van der Waals surface area contributed by atoms with E-state index in [9.17, 15) is 9.50 Å². The van der Waals surface area contributed by atoms with Gasteiger partial charge in [-0.3, -0.25) is 0 Å². The second-order valence-electron chi connectivity index (χ2n) is 2.74. The number of aromatic hydroxyl groups is 2. The van der Waals surface area contributed by atoms with Crippen molar-refractivity contribution < 1.29 is 19.7 Å². The van der Waals surface area contributed by atoms with Gasteiger partial charge in [0, 0.05) is 6.07 Å². The average Bonchev–Trinajstić information content (AvgIpc) is 2.15. The SMILES string of the molecule is NC(CO)c1c(O)c(O)cc(Br)c1F. The molecule has 4 nitrogen and oxygen atoms in total. The molecular formula is C8H9BrFNO3. The molecule has 1 aromatic carbocycles. The van der Waals surface area contributed by atoms with Crippen molar-refractivity contribution in [2.45, 2.75) is 6.04 Å². The maximum absolute atomic E-state index is 13.4. The molecular weight excluding hydrogens is 257 g/mol. The number of phenols is 2. The first kappa shape index (κ1) is 11.2. The Labute approximate surface area is 87.9 Å². The lowest BCUT2D eigenvalue weighted by Gasteiger charge is -2.13. The summed E-state index contributed by atoms with van der Waals surface area (Å²) in [5, 5.41) is 27.2. The fourth-order valence-corrected chi connectivity index (χ4v) is 1.48. The maximum Gasteiger partial charge on any atom is 0.165 e. The maximum atomic E-state index is 13.4. The summed E-state index contributed by atoms with van der Waals surface area (Å²) in [6.07, 6.45) is 0. The smallest absolute Gasteiger partial charge is 0.165 e. The number of aliphatic hydroxyl groups excluding tert-OH is 1. The molecule has 0 spiro atoms. The number of hydrogen-bond donors (Lipinski definition) is 4. The van der Waals surface area contributed by atoms with E-state index >= 15 is 0 Å². The lowest BCUT2D eigenvalue weighted by atomic mass is 10.1. The molecule has 0 saturated heterocycles. The minimum Gasteiger partial charge on any atom is -0.504 e. The van der Waals surface area contributed by atoms with Gasteiger partial charge in [-0.2, -0.15) is 0 Å². The minimum atomic E-state index is -1.07. The molecule has 0 saturated carbocycles. The zero-order chi connectivity index (χ0) is 10.9. The quantitative estimate of drug-likeness (QED) is 0.601. The molecule has 5 N–H and O–H groups in total. The molecule has 78 valence electrons. The van der Waals surface area contributed by atoms with E-state index in [0.29, 0.717) is 0 Å². The van der Waals surface area contributed by atoms with Crippen LogP contribution in [0.5, 0.6) is 11.5 Å². The third kappa shape index (κ3) is 1.82. The van der Waals surface area contributed by atoms with Crippen LogP contribution in [-0.4, -0.2) is 21.9 Å². The molecule has 1 rings (SSSR count). The Balaban J connectivity index is 3.39. The molecule has 0 fully saturated rings. The summed E-state index contributed by atoms with van der Waals surface area (Å²) >= 11 is 2.85. The predicted octanol–water partition coefficient (Wildman–Crippen LogP) is 0.991. The van der Waals surface area contributed by atoms with Gasteiger partial charge in [-0.05, 0) is 15.9 Å². The fourth-order valence-electron chi connectivity index (χ4n) is 1.05. The van der Waals surface area contributed by atoms with E-state index in [1.165, 1.54) is 0 Å². The van der Waals surface area contributed by atoms with Crippen molar-refractivity contribution in [1.29, 1.82) is 0 Å². The molecule has 1 aromatic rings. The zero-order valence-corrected chi connectivity index (χ0v) is 8.62. The van der Waals surface area contributed by atoms with Crippen LogP contribution in [0.25, 0.3) is 0 Å². The Hall–Kier alpha value is -0.850. The topological polar surface area (TPSA) is 86.7 Å². The van der Waals surface area contributed by atoms with E-state index in [2.05, 4.69) is 15.9 Å². The van der Waals surface area contributed by atoms with Crippen LogP contribution in [0.1, 0.15) is 11.6 Å². The Morgan fingerprint density at radius 3 is 2.57 bits per heavy atom. The van der Waals surface area contributed by atoms with E-state index in [-0.39, 0.29) is 10.0 Å². The van der Waals surface area contributed by atoms with Gasteiger partial charge in [0.2, 0.25) is 0 Å². The second-order valence-corrected chi connectivity index (χ2v) is 3.60. The first-order chi connectivity index (χ1) is 6.49. The predicted molar refractivity (Wildman–Crippen MR) is 51.4 cm³/mol. The Morgan fingerprint density at radius 2 is 2.07 bits per heavy atom. The summed E-state index contributed by atoms with van der Waals surface area (Å²) in [5.74, 6) is -1.92. The van der Waals surface area contributed by atoms with Gasteiger partial charge in [-0.25, -0.2) is 4.39 Å². The van der Waals surface area contributed by atoms with Gasteiger partial charge in [-0.1, -0.05) is 0 Å². The second kappa shape index (κ2) is 4.12. The van der Waals surface area contributed by atoms with Gasteiger partial charge >= 0.3 is 0 Å². The molecule has 6 heteroatoms. The third-order valence-corrected chi connectivity index (χ3v) is 2.35. The summed E-state index contributed by atoms with van der Waals surface area (Å²) in [6, 6.07) is -0.0588. The minimum absolute atomic E-state index is 0.0216. The van der Waals surface area contributed by atoms with Crippen LogP contribution < -0.4 is 5.73 Å². The van der Waals surface area contributed by atoms with E-state index in [4.69, 9.17) is 15.9 Å². The highest BCUT2D eigenvalue weighted by molar-refractivity contribution is 9.10. The van der Waals surface area contributed by atoms with Crippen LogP contribution in [0.15, 0.2) is 10.5 Å². The number of phenolic OH excluding ortho intramolecular Hbond substituents is 2. The normalized spacial score (nSPS) is 12.9. The molecule has 0 radical (unpaired) electrons. The molecule has 0 aromatic heterocycles. The lowest BCUT2D eigenvalue weighted by Crippen LogP contribution is -2.16. The Kier molecular flexibility index (Phi) is 3.30. The monoisotopic (exact) mass is 265 g/mol. The number of rotatable bonds is 2. The third-order valence-electron chi connectivity index (χ3n) is 1.77. The molecule has 0 aliphatic rings. The van der Waals surface area contributed by atoms with Crippen LogP contribution in [0.4, 0.5) is 4.39 Å². The zero-order valence-electron chi connectivity index (χ0n) is 7.04. The van der Waals surface area contributed by atoms with Crippen molar-refractivity contribution in [3.63, 3.8) is 0 Å². The van der Waals surface area contributed by atoms with Crippen LogP contribution in [0, 0.1) is 5.82 Å². The van der Waals surface area contributed by atoms with Crippen molar-refractivity contribution >= 4 is 15.9 Å². The van der Waals surface area contributed by atoms with Crippen molar-refractivity contribution in [3.05, 3.63) is 21.9 Å². The standard InChI is InChI=1S/C8H9BrFNO3/c9-3-1-5(13)8(14)6(7(3)10)4(11)2-12/h1,4,12-14H,2,11H2. The molecule has 0 bridgehead atoms. The van der Waals surface area contributed by atoms with Crippen molar-refractivity contribution in [1.82, 2.24) is 0 Å². The number of benzene rings is 1. The molecule has 0 aliphatic carbocycles. The number of aliphatic hydroxyl groups is 1. The van der Waals surface area contributed by atoms with Crippen molar-refractivity contribution in [2.24, 2.45) is 5.73 Å². The lowest BCUT2D eigenvalue weighted by molar-refractivity contribution is 0.261. The first-order valence-corrected chi connectivity index (χ1v) is 4.54. The Bertz CT molecular complexity index is 333. The summed E-state index contributed by atoms with van der Waals surface area (Å²) in [7, 11) is 0. The van der Waals surface area contributed by atoms with Gasteiger partial charge < -0.3 is 21.1 Å². The number of hydrogen-bond acceptors (Lipinski definition) is 4. The van der Waals surface area contributed by atoms with Crippen LogP contribution >= 0.6 is 15.9 Å². The highest BCUT2D eigenvalue weighted by Crippen LogP contribution is 2.38. The summed E-state index contributed by atoms with van der Waals surface area (Å²) < 4.78 is 13.3. The number of halogens is 2. The van der Waals surface area contributed by atoms with Crippen molar-refractivity contribution in [2.75, 3.05) is 6.61 Å². The molecule has 1 atom stereocenters. The summed E-state index contributed by atoms with van der Waals surface area (Å²) in [6.45, 7) is -0.527. The molecule has 0 amide bonds. The summed E-state index contributed by atoms with van der Waals surface area (Å²) in [5.41, 5.74) is 5.05. The average molecular weight is 266 g/mol. The molecule has 0 aliphatic heterocycles. The van der Waals surface area contributed by atoms with Crippen LogP contribution in [0.2, 0.25) is 0 Å². The highest BCUT2D eigenvalue weighted by Gasteiger charge is 2.21. The fraction of sp³-hybridized carbons (Fsp3) is 0.250. The highest BCUT2D eigenvalue weighted by atomic mass is 79.9. The van der Waals surface area contributed by atoms with Crippen LogP contribution in [0.3, 0.4) is 0 Å². The van der Waals surface area contributed by atoms with Gasteiger partial charge in [0.05, 0.1) is 22.7 Å². The van der Waals surface area contributed by atoms with Crippen LogP contribution in [-0.2, 0) is 0 Å². The molecule has 0 heterocycles. The van der Waals surface area contributed by atoms with E-state index in [1.807, 2.05) is 0 Å². The van der Waals surface area contributed by atoms with E-state index in [0.717, 1.165) is 6.07 Å². The summed E-state index contributed by atoms with van der Waals surface area (Å²) in [4.78, 5) is 0. The van der Waals surface area contributed by atoms with E-state index in [1.54, 1.807) is 0 Å². The number of nitrogens with two attached hydrogens (primary N) is 1. The van der Waals surface area contributed by atoms with Crippen molar-refractivity contribution in [3.8, 4) is 11.5 Å². The van der Waals surface area contributed by atoms with Gasteiger partial charge in [0.1, 0.15) is 5.82 Å². The van der Waals surface area contributed by atoms with Gasteiger partial charge in [0.25, 0.3) is 0 Å². The van der Waals surface area contributed by atoms with E-state index < -0.39 is 30.0 Å². The largest absolute Gasteiger partial charge is 0.504 e.